The van der Waals surface area contributed by atoms with Gasteiger partial charge in [0.2, 0.25) is 0 Å². The minimum atomic E-state index is -4.06. The number of thioether (sulfide) groups is 1. The summed E-state index contributed by atoms with van der Waals surface area (Å²) < 4.78 is 34.9. The van der Waals surface area contributed by atoms with Crippen molar-refractivity contribution in [1.29, 1.82) is 0 Å². The fourth-order valence-corrected chi connectivity index (χ4v) is 1.86. The fourth-order valence-electron chi connectivity index (χ4n) is 1.04. The lowest BCUT2D eigenvalue weighted by Crippen LogP contribution is -2.02. The molecule has 0 aromatic carbocycles. The molecular weight excluding hydrogens is 161 g/mol. The van der Waals surface area contributed by atoms with Crippen molar-refractivity contribution in [2.45, 2.75) is 31.2 Å². The first-order chi connectivity index (χ1) is 4.58. The monoisotopic (exact) mass is 169 g/mol. The van der Waals surface area contributed by atoms with Crippen LogP contribution in [0.1, 0.15) is 25.7 Å². The van der Waals surface area contributed by atoms with E-state index in [1.54, 1.807) is 0 Å². The number of rotatable bonds is 1. The molecule has 1 saturated carbocycles. The van der Waals surface area contributed by atoms with E-state index in [2.05, 4.69) is 0 Å². The van der Waals surface area contributed by atoms with Gasteiger partial charge in [-0.15, -0.1) is 0 Å². The maximum atomic E-state index is 11.6. The van der Waals surface area contributed by atoms with Crippen molar-refractivity contribution in [3.05, 3.63) is 5.25 Å². The third kappa shape index (κ3) is 2.82. The Balaban J connectivity index is 2.24. The smallest absolute Gasteiger partial charge is 0.160 e. The van der Waals surface area contributed by atoms with Gasteiger partial charge in [-0.25, -0.2) is 0 Å². The van der Waals surface area contributed by atoms with Crippen LogP contribution in [-0.4, -0.2) is 5.51 Å². The van der Waals surface area contributed by atoms with Gasteiger partial charge in [0, 0.05) is 5.25 Å². The normalized spacial score (nSPS) is 21.9. The highest BCUT2D eigenvalue weighted by Gasteiger charge is 2.34. The summed E-state index contributed by atoms with van der Waals surface area (Å²) in [5.41, 5.74) is -4.06. The Morgan fingerprint density at radius 1 is 1.10 bits per heavy atom. The summed E-state index contributed by atoms with van der Waals surface area (Å²) >= 11 is 0.0810. The van der Waals surface area contributed by atoms with E-state index in [1.165, 1.54) is 0 Å². The van der Waals surface area contributed by atoms with Crippen LogP contribution in [0.3, 0.4) is 0 Å². The van der Waals surface area contributed by atoms with Crippen molar-refractivity contribution >= 4 is 11.8 Å². The molecule has 0 N–H and O–H groups in total. The van der Waals surface area contributed by atoms with E-state index in [1.807, 2.05) is 0 Å². The number of hydrogen-bond donors (Lipinski definition) is 0. The van der Waals surface area contributed by atoms with Crippen LogP contribution in [0.25, 0.3) is 0 Å². The Bertz CT molecular complexity index is 104. The molecule has 0 spiro atoms. The van der Waals surface area contributed by atoms with Crippen LogP contribution < -0.4 is 0 Å². The Morgan fingerprint density at radius 3 is 2.00 bits per heavy atom. The highest BCUT2D eigenvalue weighted by atomic mass is 32.2. The molecule has 1 rings (SSSR count). The van der Waals surface area contributed by atoms with Gasteiger partial charge in [-0.1, -0.05) is 12.8 Å². The Labute approximate surface area is 62.2 Å². The highest BCUT2D eigenvalue weighted by molar-refractivity contribution is 8.02. The molecule has 0 heterocycles. The van der Waals surface area contributed by atoms with E-state index in [-0.39, 0.29) is 11.8 Å². The molecular formula is C6H8F3S. The number of hydrogen-bond acceptors (Lipinski definition) is 1. The molecule has 1 fully saturated rings. The van der Waals surface area contributed by atoms with Crippen molar-refractivity contribution in [2.24, 2.45) is 0 Å². The summed E-state index contributed by atoms with van der Waals surface area (Å²) in [5, 5.41) is 0.604. The Kier molecular flexibility index (Phi) is 2.50. The largest absolute Gasteiger partial charge is 0.442 e. The van der Waals surface area contributed by atoms with Crippen molar-refractivity contribution < 1.29 is 13.2 Å². The molecule has 4 heteroatoms. The molecule has 59 valence electrons. The third-order valence-electron chi connectivity index (χ3n) is 1.42. The lowest BCUT2D eigenvalue weighted by Gasteiger charge is -2.09. The minimum absolute atomic E-state index is 0.0810. The highest BCUT2D eigenvalue weighted by Crippen LogP contribution is 2.45. The lowest BCUT2D eigenvalue weighted by molar-refractivity contribution is -0.0326. The van der Waals surface area contributed by atoms with Gasteiger partial charge in [-0.3, -0.25) is 0 Å². The van der Waals surface area contributed by atoms with E-state index in [0.29, 0.717) is 18.1 Å². The van der Waals surface area contributed by atoms with Gasteiger partial charge < -0.3 is 0 Å². The van der Waals surface area contributed by atoms with Crippen LogP contribution in [0.4, 0.5) is 13.2 Å². The quantitative estimate of drug-likeness (QED) is 0.580. The fraction of sp³-hybridized carbons (Fsp3) is 0.833. The molecule has 1 aliphatic rings. The summed E-state index contributed by atoms with van der Waals surface area (Å²) in [5.74, 6) is 0. The van der Waals surface area contributed by atoms with Crippen molar-refractivity contribution in [2.75, 3.05) is 0 Å². The van der Waals surface area contributed by atoms with Gasteiger partial charge in [0.1, 0.15) is 0 Å². The van der Waals surface area contributed by atoms with Gasteiger partial charge in [0.05, 0.1) is 0 Å². The average molecular weight is 169 g/mol. The molecule has 0 bridgehead atoms. The van der Waals surface area contributed by atoms with Gasteiger partial charge in [0.25, 0.3) is 0 Å². The lowest BCUT2D eigenvalue weighted by atomic mass is 10.4. The van der Waals surface area contributed by atoms with Crippen LogP contribution in [-0.2, 0) is 0 Å². The van der Waals surface area contributed by atoms with E-state index < -0.39 is 5.51 Å². The molecule has 0 aliphatic heterocycles. The van der Waals surface area contributed by atoms with Crippen LogP contribution >= 0.6 is 11.8 Å². The third-order valence-corrected chi connectivity index (χ3v) is 2.35. The van der Waals surface area contributed by atoms with Crippen LogP contribution in [0, 0.1) is 5.25 Å². The van der Waals surface area contributed by atoms with E-state index >= 15 is 0 Å². The first kappa shape index (κ1) is 8.24. The zero-order valence-corrected chi connectivity index (χ0v) is 6.19. The summed E-state index contributed by atoms with van der Waals surface area (Å²) in [6.45, 7) is 0. The first-order valence-electron chi connectivity index (χ1n) is 3.18. The van der Waals surface area contributed by atoms with E-state index in [4.69, 9.17) is 0 Å². The Morgan fingerprint density at radius 2 is 1.60 bits per heavy atom. The predicted molar refractivity (Wildman–Crippen MR) is 35.4 cm³/mol. The average Bonchev–Trinajstić information content (AvgIpc) is 2.12. The maximum absolute atomic E-state index is 11.6. The summed E-state index contributed by atoms with van der Waals surface area (Å²) in [6, 6.07) is 0. The van der Waals surface area contributed by atoms with Crippen molar-refractivity contribution in [3.63, 3.8) is 0 Å². The maximum Gasteiger partial charge on any atom is 0.442 e. The SMILES string of the molecule is FC(F)(F)S[C]1CCCC1. The van der Waals surface area contributed by atoms with Gasteiger partial charge in [-0.2, -0.15) is 13.2 Å². The molecule has 1 aliphatic carbocycles. The zero-order chi connectivity index (χ0) is 7.61. The van der Waals surface area contributed by atoms with Crippen molar-refractivity contribution in [1.82, 2.24) is 0 Å². The molecule has 0 unspecified atom stereocenters. The Hall–Kier alpha value is 0.140. The standard InChI is InChI=1S/C6H8F3S/c7-6(8,9)10-5-3-1-2-4-5/h1-4H2. The second kappa shape index (κ2) is 3.03. The summed E-state index contributed by atoms with van der Waals surface area (Å²) in [7, 11) is 0. The van der Waals surface area contributed by atoms with Crippen LogP contribution in [0.15, 0.2) is 0 Å². The second-order valence-corrected chi connectivity index (χ2v) is 3.54. The second-order valence-electron chi connectivity index (χ2n) is 2.29. The topological polar surface area (TPSA) is 0 Å². The zero-order valence-electron chi connectivity index (χ0n) is 5.37. The molecule has 10 heavy (non-hydrogen) atoms. The van der Waals surface area contributed by atoms with Gasteiger partial charge in [-0.05, 0) is 24.6 Å². The minimum Gasteiger partial charge on any atom is -0.160 e. The number of halogens is 3. The van der Waals surface area contributed by atoms with E-state index in [0.717, 1.165) is 12.8 Å². The van der Waals surface area contributed by atoms with Crippen molar-refractivity contribution in [3.8, 4) is 0 Å². The first-order valence-corrected chi connectivity index (χ1v) is 4.00. The van der Waals surface area contributed by atoms with Gasteiger partial charge in [0.15, 0.2) is 0 Å². The van der Waals surface area contributed by atoms with Crippen LogP contribution in [0.5, 0.6) is 0 Å². The number of alkyl halides is 3. The summed E-state index contributed by atoms with van der Waals surface area (Å²) in [6.07, 6.45) is 3.17. The summed E-state index contributed by atoms with van der Waals surface area (Å²) in [4.78, 5) is 0. The van der Waals surface area contributed by atoms with Crippen LogP contribution in [0.2, 0.25) is 0 Å². The molecule has 0 saturated heterocycles. The van der Waals surface area contributed by atoms with E-state index in [9.17, 15) is 13.2 Å². The molecule has 0 aromatic heterocycles. The molecule has 0 aromatic rings. The molecule has 0 atom stereocenters. The molecule has 0 amide bonds. The molecule has 1 radical (unpaired) electrons. The van der Waals surface area contributed by atoms with Gasteiger partial charge >= 0.3 is 5.51 Å². The molecule has 0 nitrogen and oxygen atoms in total. The predicted octanol–water partition coefficient (Wildman–Crippen LogP) is 3.35.